The number of thiazole rings is 1. The van der Waals surface area contributed by atoms with Gasteiger partial charge in [0.05, 0.1) is 13.2 Å². The molecule has 0 bridgehead atoms. The molecule has 7 heteroatoms. The Bertz CT molecular complexity index is 737. The number of halogens is 1. The summed E-state index contributed by atoms with van der Waals surface area (Å²) in [7, 11) is 1.67. The minimum absolute atomic E-state index is 0.0485. The third-order valence-corrected chi connectivity index (χ3v) is 5.73. The topological polar surface area (TPSA) is 45.7 Å². The fourth-order valence-electron chi connectivity index (χ4n) is 3.53. The van der Waals surface area contributed by atoms with Crippen molar-refractivity contribution >= 4 is 38.3 Å². The molecule has 4 rings (SSSR count). The summed E-state index contributed by atoms with van der Waals surface area (Å²) in [6, 6.07) is 5.88. The van der Waals surface area contributed by atoms with Crippen molar-refractivity contribution in [3.8, 4) is 5.75 Å². The molecule has 1 amide bonds. The van der Waals surface area contributed by atoms with Gasteiger partial charge in [-0.15, -0.1) is 11.3 Å². The molecule has 3 heterocycles. The molecule has 0 aliphatic carbocycles. The second-order valence-electron chi connectivity index (χ2n) is 5.68. The summed E-state index contributed by atoms with van der Waals surface area (Å²) in [5, 5.41) is 2.65. The molecule has 5 nitrogen and oxygen atoms in total. The molecule has 2 atom stereocenters. The Morgan fingerprint density at radius 3 is 3.04 bits per heavy atom. The minimum Gasteiger partial charge on any atom is -0.496 e. The van der Waals surface area contributed by atoms with Gasteiger partial charge < -0.3 is 4.74 Å². The van der Waals surface area contributed by atoms with E-state index >= 15 is 0 Å². The summed E-state index contributed by atoms with van der Waals surface area (Å²) < 4.78 is 6.53. The maximum absolute atomic E-state index is 13.0. The number of rotatable bonds is 3. The van der Waals surface area contributed by atoms with Crippen LogP contribution in [-0.4, -0.2) is 35.5 Å². The number of carbonyl (C=O) groups excluding carboxylic acids is 1. The van der Waals surface area contributed by atoms with E-state index < -0.39 is 0 Å². The van der Waals surface area contributed by atoms with Gasteiger partial charge in [0, 0.05) is 28.2 Å². The molecule has 23 heavy (non-hydrogen) atoms. The molecule has 2 unspecified atom stereocenters. The molecule has 0 spiro atoms. The van der Waals surface area contributed by atoms with Crippen molar-refractivity contribution in [2.75, 3.05) is 18.6 Å². The van der Waals surface area contributed by atoms with Crippen LogP contribution in [-0.2, 0) is 4.79 Å². The lowest BCUT2D eigenvalue weighted by Gasteiger charge is -2.29. The van der Waals surface area contributed by atoms with Gasteiger partial charge in [-0.2, -0.15) is 0 Å². The number of aromatic nitrogens is 1. The van der Waals surface area contributed by atoms with Gasteiger partial charge >= 0.3 is 0 Å². The second-order valence-corrected chi connectivity index (χ2v) is 7.47. The van der Waals surface area contributed by atoms with Crippen LogP contribution < -0.4 is 9.64 Å². The summed E-state index contributed by atoms with van der Waals surface area (Å²) in [4.78, 5) is 21.4. The van der Waals surface area contributed by atoms with E-state index in [1.165, 1.54) is 11.3 Å². The fraction of sp³-hybridized carbons (Fsp3) is 0.375. The molecule has 2 saturated heterocycles. The molecule has 0 radical (unpaired) electrons. The fourth-order valence-corrected chi connectivity index (χ4v) is 4.58. The van der Waals surface area contributed by atoms with Crippen molar-refractivity contribution in [1.82, 2.24) is 9.88 Å². The average Bonchev–Trinajstić information content (AvgIpc) is 3.25. The molecule has 1 aromatic carbocycles. The Labute approximate surface area is 147 Å². The largest absolute Gasteiger partial charge is 0.496 e. The number of hydrogen-bond acceptors (Lipinski definition) is 5. The standard InChI is InChI=1S/C16H16BrN3O2S/c1-22-13-5-4-10(17)9-11(13)14-19-7-2-3-12(19)15(21)20(14)16-18-6-8-23-16/h4-6,8-9,12,14H,2-3,7H2,1H3. The van der Waals surface area contributed by atoms with Crippen molar-refractivity contribution in [3.05, 3.63) is 39.8 Å². The number of anilines is 1. The highest BCUT2D eigenvalue weighted by Gasteiger charge is 2.50. The Morgan fingerprint density at radius 1 is 1.43 bits per heavy atom. The van der Waals surface area contributed by atoms with Crippen LogP contribution in [0.3, 0.4) is 0 Å². The van der Waals surface area contributed by atoms with Crippen LogP contribution in [0.5, 0.6) is 5.75 Å². The van der Waals surface area contributed by atoms with Crippen molar-refractivity contribution in [2.24, 2.45) is 0 Å². The first-order chi connectivity index (χ1) is 11.2. The monoisotopic (exact) mass is 393 g/mol. The zero-order valence-electron chi connectivity index (χ0n) is 12.6. The summed E-state index contributed by atoms with van der Waals surface area (Å²) in [6.45, 7) is 0.915. The van der Waals surface area contributed by atoms with Gasteiger partial charge in [0.15, 0.2) is 5.13 Å². The van der Waals surface area contributed by atoms with Gasteiger partial charge in [-0.25, -0.2) is 4.98 Å². The Hall–Kier alpha value is -1.44. The first kappa shape index (κ1) is 15.1. The van der Waals surface area contributed by atoms with Crippen molar-refractivity contribution in [1.29, 1.82) is 0 Å². The van der Waals surface area contributed by atoms with Gasteiger partial charge in [-0.05, 0) is 31.0 Å². The maximum atomic E-state index is 13.0. The van der Waals surface area contributed by atoms with Gasteiger partial charge in [0.25, 0.3) is 0 Å². The maximum Gasteiger partial charge on any atom is 0.247 e. The number of ether oxygens (including phenoxy) is 1. The van der Waals surface area contributed by atoms with Crippen molar-refractivity contribution in [2.45, 2.75) is 25.0 Å². The third kappa shape index (κ3) is 2.38. The number of hydrogen-bond donors (Lipinski definition) is 0. The number of carbonyl (C=O) groups is 1. The molecule has 120 valence electrons. The Morgan fingerprint density at radius 2 is 2.30 bits per heavy atom. The first-order valence-electron chi connectivity index (χ1n) is 7.52. The molecule has 2 aliphatic heterocycles. The average molecular weight is 394 g/mol. The number of amides is 1. The van der Waals surface area contributed by atoms with Crippen LogP contribution in [0.25, 0.3) is 0 Å². The number of fused-ring (bicyclic) bond motifs is 1. The summed E-state index contributed by atoms with van der Waals surface area (Å²) >= 11 is 5.03. The summed E-state index contributed by atoms with van der Waals surface area (Å²) in [5.74, 6) is 0.935. The predicted molar refractivity (Wildman–Crippen MR) is 92.8 cm³/mol. The van der Waals surface area contributed by atoms with E-state index in [2.05, 4.69) is 25.8 Å². The van der Waals surface area contributed by atoms with Crippen LogP contribution in [0.15, 0.2) is 34.2 Å². The molecule has 0 N–H and O–H groups in total. The van der Waals surface area contributed by atoms with Gasteiger partial charge in [0.2, 0.25) is 5.91 Å². The molecule has 2 aromatic rings. The van der Waals surface area contributed by atoms with E-state index in [-0.39, 0.29) is 18.1 Å². The van der Waals surface area contributed by atoms with Crippen LogP contribution in [0.1, 0.15) is 24.6 Å². The molecule has 2 aliphatic rings. The van der Waals surface area contributed by atoms with Gasteiger partial charge in [-0.1, -0.05) is 15.9 Å². The van der Waals surface area contributed by atoms with Crippen LogP contribution >= 0.6 is 27.3 Å². The number of nitrogens with zero attached hydrogens (tertiary/aromatic N) is 3. The highest BCUT2D eigenvalue weighted by Crippen LogP contribution is 2.45. The zero-order chi connectivity index (χ0) is 16.0. The lowest BCUT2D eigenvalue weighted by molar-refractivity contribution is -0.119. The van der Waals surface area contributed by atoms with E-state index in [9.17, 15) is 4.79 Å². The quantitative estimate of drug-likeness (QED) is 0.801. The predicted octanol–water partition coefficient (Wildman–Crippen LogP) is 3.42. The van der Waals surface area contributed by atoms with Crippen molar-refractivity contribution in [3.63, 3.8) is 0 Å². The Kier molecular flexibility index (Phi) is 3.87. The van der Waals surface area contributed by atoms with E-state index in [0.29, 0.717) is 0 Å². The Balaban J connectivity index is 1.86. The smallest absolute Gasteiger partial charge is 0.247 e. The molecule has 1 aromatic heterocycles. The summed E-state index contributed by atoms with van der Waals surface area (Å²) in [6.07, 6.45) is 3.54. The zero-order valence-corrected chi connectivity index (χ0v) is 15.0. The normalized spacial score (nSPS) is 24.3. The van der Waals surface area contributed by atoms with Crippen LogP contribution in [0.2, 0.25) is 0 Å². The molecular formula is C16H16BrN3O2S. The second kappa shape index (κ2) is 5.89. The van der Waals surface area contributed by atoms with E-state index in [1.807, 2.05) is 28.5 Å². The molecule has 0 saturated carbocycles. The SMILES string of the molecule is COc1ccc(Br)cc1C1N(c2nccs2)C(=O)C2CCCN21. The van der Waals surface area contributed by atoms with E-state index in [0.717, 1.165) is 40.3 Å². The minimum atomic E-state index is -0.159. The number of benzene rings is 1. The highest BCUT2D eigenvalue weighted by atomic mass is 79.9. The van der Waals surface area contributed by atoms with E-state index in [1.54, 1.807) is 13.3 Å². The van der Waals surface area contributed by atoms with Crippen LogP contribution in [0, 0.1) is 0 Å². The van der Waals surface area contributed by atoms with Gasteiger partial charge in [-0.3, -0.25) is 14.6 Å². The molecular weight excluding hydrogens is 378 g/mol. The van der Waals surface area contributed by atoms with Crippen molar-refractivity contribution < 1.29 is 9.53 Å². The first-order valence-corrected chi connectivity index (χ1v) is 9.19. The lowest BCUT2D eigenvalue weighted by Crippen LogP contribution is -2.32. The number of methoxy groups -OCH3 is 1. The van der Waals surface area contributed by atoms with Gasteiger partial charge in [0.1, 0.15) is 11.9 Å². The molecule has 2 fully saturated rings. The highest BCUT2D eigenvalue weighted by molar-refractivity contribution is 9.10. The third-order valence-electron chi connectivity index (χ3n) is 4.47. The lowest BCUT2D eigenvalue weighted by atomic mass is 10.1. The summed E-state index contributed by atoms with van der Waals surface area (Å²) in [5.41, 5.74) is 0.995. The van der Waals surface area contributed by atoms with Crippen LogP contribution in [0.4, 0.5) is 5.13 Å². The van der Waals surface area contributed by atoms with E-state index in [4.69, 9.17) is 4.74 Å².